The molecular weight excluding hydrogens is 390 g/mol. The molecule has 2 heterocycles. The molecule has 0 aromatic heterocycles. The number of dihydropyridines is 1. The Hall–Kier alpha value is -2.47. The van der Waals surface area contributed by atoms with Gasteiger partial charge in [-0.15, -0.1) is 0 Å². The van der Waals surface area contributed by atoms with Gasteiger partial charge in [0.1, 0.15) is 11.3 Å². The Morgan fingerprint density at radius 1 is 1.35 bits per heavy atom. The molecule has 2 amide bonds. The van der Waals surface area contributed by atoms with Crippen LogP contribution in [0.25, 0.3) is 0 Å². The Labute approximate surface area is 182 Å². The summed E-state index contributed by atoms with van der Waals surface area (Å²) in [4.78, 5) is 31.4. The number of carbonyl (C=O) groups excluding carboxylic acids is 2. The number of hydrogen-bond acceptors (Lipinski definition) is 4. The number of fused-ring (bicyclic) bond motifs is 2. The molecule has 1 aromatic carbocycles. The van der Waals surface area contributed by atoms with Crippen LogP contribution in [0.4, 0.5) is 0 Å². The van der Waals surface area contributed by atoms with E-state index in [2.05, 4.69) is 28.1 Å². The van der Waals surface area contributed by atoms with Crippen molar-refractivity contribution in [3.8, 4) is 5.75 Å². The first-order valence-electron chi connectivity index (χ1n) is 11.5. The number of aliphatic imine (C=N–C) groups is 1. The van der Waals surface area contributed by atoms with E-state index in [0.29, 0.717) is 12.0 Å². The maximum absolute atomic E-state index is 12.5. The maximum atomic E-state index is 12.5. The highest BCUT2D eigenvalue weighted by Crippen LogP contribution is 2.57. The summed E-state index contributed by atoms with van der Waals surface area (Å²) in [6, 6.07) is 7.04. The number of nitrogens with two attached hydrogens (primary N) is 1. The van der Waals surface area contributed by atoms with E-state index in [9.17, 15) is 9.59 Å². The summed E-state index contributed by atoms with van der Waals surface area (Å²) in [7, 11) is 1.72. The number of likely N-dealkylation sites (tertiary alicyclic amines) is 1. The van der Waals surface area contributed by atoms with Gasteiger partial charge in [-0.1, -0.05) is 12.1 Å². The van der Waals surface area contributed by atoms with Crippen molar-refractivity contribution in [2.24, 2.45) is 28.5 Å². The molecular formula is C25H29N3O3. The predicted molar refractivity (Wildman–Crippen MR) is 117 cm³/mol. The monoisotopic (exact) mass is 419 g/mol. The summed E-state index contributed by atoms with van der Waals surface area (Å²) in [6.45, 7) is 2.30. The average molecular weight is 420 g/mol. The van der Waals surface area contributed by atoms with Crippen LogP contribution < -0.4 is 10.5 Å². The van der Waals surface area contributed by atoms with Gasteiger partial charge >= 0.3 is 0 Å². The van der Waals surface area contributed by atoms with Gasteiger partial charge in [-0.25, -0.2) is 4.99 Å². The van der Waals surface area contributed by atoms with Crippen LogP contribution in [0.5, 0.6) is 5.75 Å². The molecule has 6 heteroatoms. The molecule has 3 aliphatic carbocycles. The van der Waals surface area contributed by atoms with Gasteiger partial charge in [0.2, 0.25) is 0 Å². The molecule has 2 bridgehead atoms. The van der Waals surface area contributed by atoms with Crippen LogP contribution in [0.1, 0.15) is 43.2 Å². The van der Waals surface area contributed by atoms with Gasteiger partial charge in [-0.2, -0.15) is 0 Å². The standard InChI is InChI=1S/C25H29N3O3/c1-31-17-5-4-15-10-22-20-9-16-8-18(23(26)29)24(30)27-21(16)12-25(20,19(15)11-17)6-7-28(22)13-14-2-3-14/h4-5,8,11,14,16,20,22H,2-3,6-7,9-10,12-13H2,1H3,(H2,26,29)/t16?,20-,22+,25+/m0/s1. The zero-order valence-electron chi connectivity index (χ0n) is 18.0. The lowest BCUT2D eigenvalue weighted by Crippen LogP contribution is -2.63. The van der Waals surface area contributed by atoms with E-state index >= 15 is 0 Å². The van der Waals surface area contributed by atoms with Crippen molar-refractivity contribution >= 4 is 17.5 Å². The minimum absolute atomic E-state index is 0.0134. The average Bonchev–Trinajstić information content (AvgIpc) is 3.57. The van der Waals surface area contributed by atoms with Gasteiger partial charge in [0.25, 0.3) is 11.8 Å². The largest absolute Gasteiger partial charge is 0.497 e. The second-order valence-electron chi connectivity index (χ2n) is 10.1. The Bertz CT molecular complexity index is 1040. The lowest BCUT2D eigenvalue weighted by molar-refractivity contribution is -0.120. The van der Waals surface area contributed by atoms with Crippen LogP contribution >= 0.6 is 0 Å². The van der Waals surface area contributed by atoms with E-state index in [1.54, 1.807) is 7.11 Å². The van der Waals surface area contributed by atoms with Gasteiger partial charge in [0.15, 0.2) is 0 Å². The number of ether oxygens (including phenoxy) is 1. The third kappa shape index (κ3) is 2.91. The number of benzene rings is 1. The van der Waals surface area contributed by atoms with E-state index in [1.165, 1.54) is 30.5 Å². The predicted octanol–water partition coefficient (Wildman–Crippen LogP) is 2.39. The fraction of sp³-hybridized carbons (Fsp3) is 0.560. The molecule has 5 aliphatic rings. The molecule has 2 aliphatic heterocycles. The first kappa shape index (κ1) is 19.2. The van der Waals surface area contributed by atoms with Gasteiger partial charge in [0.05, 0.1) is 7.11 Å². The first-order valence-corrected chi connectivity index (χ1v) is 11.5. The third-order valence-corrected chi connectivity index (χ3v) is 8.50. The van der Waals surface area contributed by atoms with Crippen LogP contribution in [0.15, 0.2) is 34.8 Å². The lowest BCUT2D eigenvalue weighted by atomic mass is 9.50. The Balaban J connectivity index is 1.45. The van der Waals surface area contributed by atoms with Crippen LogP contribution in [-0.2, 0) is 21.4 Å². The van der Waals surface area contributed by atoms with E-state index in [4.69, 9.17) is 10.5 Å². The number of rotatable bonds is 4. The molecule has 0 radical (unpaired) electrons. The normalized spacial score (nSPS) is 34.1. The third-order valence-electron chi connectivity index (χ3n) is 8.50. The van der Waals surface area contributed by atoms with Crippen molar-refractivity contribution in [1.29, 1.82) is 0 Å². The maximum Gasteiger partial charge on any atom is 0.282 e. The minimum Gasteiger partial charge on any atom is -0.497 e. The topological polar surface area (TPSA) is 85.0 Å². The van der Waals surface area contributed by atoms with Gasteiger partial charge in [-0.3, -0.25) is 14.5 Å². The summed E-state index contributed by atoms with van der Waals surface area (Å²) in [5.41, 5.74) is 9.23. The van der Waals surface area contributed by atoms with Crippen LogP contribution in [0.2, 0.25) is 0 Å². The van der Waals surface area contributed by atoms with Gasteiger partial charge in [0, 0.05) is 29.6 Å². The van der Waals surface area contributed by atoms with E-state index in [0.717, 1.165) is 49.6 Å². The molecule has 1 saturated heterocycles. The molecule has 2 saturated carbocycles. The van der Waals surface area contributed by atoms with Crippen LogP contribution in [0, 0.1) is 17.8 Å². The summed E-state index contributed by atoms with van der Waals surface area (Å²) >= 11 is 0. The number of amides is 2. The number of methoxy groups -OCH3 is 1. The number of piperidine rings is 1. The summed E-state index contributed by atoms with van der Waals surface area (Å²) in [5.74, 6) is 1.13. The van der Waals surface area contributed by atoms with Crippen LogP contribution in [-0.4, -0.2) is 48.7 Å². The molecule has 31 heavy (non-hydrogen) atoms. The Kier molecular flexibility index (Phi) is 4.20. The molecule has 1 aromatic rings. The van der Waals surface area contributed by atoms with Gasteiger partial charge < -0.3 is 10.5 Å². The number of allylic oxidation sites excluding steroid dienone is 1. The molecule has 6 nitrogen and oxygen atoms in total. The van der Waals surface area contributed by atoms with E-state index < -0.39 is 11.8 Å². The highest BCUT2D eigenvalue weighted by molar-refractivity contribution is 6.23. The molecule has 6 rings (SSSR count). The second kappa shape index (κ2) is 6.76. The molecule has 162 valence electrons. The summed E-state index contributed by atoms with van der Waals surface area (Å²) in [6.07, 6.45) is 8.37. The van der Waals surface area contributed by atoms with Crippen molar-refractivity contribution in [2.45, 2.75) is 50.0 Å². The molecule has 3 fully saturated rings. The van der Waals surface area contributed by atoms with E-state index in [1.807, 2.05) is 6.08 Å². The SMILES string of the molecule is COc1ccc2c(c1)[C@]13CCN(CC4CC4)[C@H](C2)[C@@H]1CC1C=C(C(N)=O)C(=O)N=C1C3. The number of nitrogens with zero attached hydrogens (tertiary/aromatic N) is 2. The summed E-state index contributed by atoms with van der Waals surface area (Å²) in [5, 5.41) is 0. The first-order chi connectivity index (χ1) is 15.0. The molecule has 2 N–H and O–H groups in total. The van der Waals surface area contributed by atoms with Crippen molar-refractivity contribution in [1.82, 2.24) is 4.90 Å². The molecule has 0 spiro atoms. The zero-order valence-corrected chi connectivity index (χ0v) is 18.0. The Morgan fingerprint density at radius 3 is 2.94 bits per heavy atom. The van der Waals surface area contributed by atoms with Crippen molar-refractivity contribution < 1.29 is 14.3 Å². The summed E-state index contributed by atoms with van der Waals surface area (Å²) < 4.78 is 5.58. The smallest absolute Gasteiger partial charge is 0.282 e. The zero-order chi connectivity index (χ0) is 21.3. The number of carbonyl (C=O) groups is 2. The fourth-order valence-electron chi connectivity index (χ4n) is 6.83. The molecule has 1 unspecified atom stereocenters. The number of primary amides is 1. The van der Waals surface area contributed by atoms with Crippen LogP contribution in [0.3, 0.4) is 0 Å². The fourth-order valence-corrected chi connectivity index (χ4v) is 6.83. The van der Waals surface area contributed by atoms with Crippen molar-refractivity contribution in [3.63, 3.8) is 0 Å². The highest BCUT2D eigenvalue weighted by Gasteiger charge is 2.57. The van der Waals surface area contributed by atoms with Crippen molar-refractivity contribution in [3.05, 3.63) is 41.0 Å². The quantitative estimate of drug-likeness (QED) is 0.760. The highest BCUT2D eigenvalue weighted by atomic mass is 16.5. The Morgan fingerprint density at radius 2 is 2.19 bits per heavy atom. The molecule has 4 atom stereocenters. The van der Waals surface area contributed by atoms with Gasteiger partial charge in [-0.05, 0) is 80.2 Å². The second-order valence-corrected chi connectivity index (χ2v) is 10.1. The minimum atomic E-state index is -0.664. The lowest BCUT2D eigenvalue weighted by Gasteiger charge is -2.60. The van der Waals surface area contributed by atoms with Crippen molar-refractivity contribution in [2.75, 3.05) is 20.2 Å². The van der Waals surface area contributed by atoms with E-state index in [-0.39, 0.29) is 16.9 Å². The number of hydrogen-bond donors (Lipinski definition) is 1.